The number of primary amides is 1. The molecule has 0 spiro atoms. The van der Waals surface area contributed by atoms with Crippen LogP contribution in [0.1, 0.15) is 38.2 Å². The largest absolute Gasteiger partial charge is 0.494 e. The maximum absolute atomic E-state index is 10.7. The van der Waals surface area contributed by atoms with Crippen molar-refractivity contribution in [2.24, 2.45) is 10.8 Å². The molecule has 2 aromatic carbocycles. The third kappa shape index (κ3) is 8.93. The summed E-state index contributed by atoms with van der Waals surface area (Å²) in [6, 6.07) is 10.1. The van der Waals surface area contributed by atoms with Crippen LogP contribution in [0.25, 0.3) is 0 Å². The molecule has 2 amide bonds. The van der Waals surface area contributed by atoms with Crippen LogP contribution in [0.4, 0.5) is 4.79 Å². The van der Waals surface area contributed by atoms with Crippen LogP contribution in [0.15, 0.2) is 41.5 Å². The molecule has 0 unspecified atom stereocenters. The number of benzene rings is 2. The summed E-state index contributed by atoms with van der Waals surface area (Å²) in [6.45, 7) is 3.50. The van der Waals surface area contributed by atoms with Crippen molar-refractivity contribution in [1.82, 2.24) is 5.43 Å². The number of methoxy groups -OCH3 is 1. The van der Waals surface area contributed by atoms with Gasteiger partial charge >= 0.3 is 6.03 Å². The van der Waals surface area contributed by atoms with Crippen LogP contribution in [0.3, 0.4) is 0 Å². The molecule has 0 aliphatic carbocycles. The van der Waals surface area contributed by atoms with Crippen molar-refractivity contribution in [1.29, 1.82) is 0 Å². The number of carbonyl (C=O) groups excluding carboxylic acids is 1. The van der Waals surface area contributed by atoms with Crippen LogP contribution in [0.2, 0.25) is 5.02 Å². The molecule has 174 valence electrons. The van der Waals surface area contributed by atoms with E-state index >= 15 is 0 Å². The zero-order chi connectivity index (χ0) is 23.2. The Hall–Kier alpha value is -3.13. The Morgan fingerprint density at radius 3 is 2.31 bits per heavy atom. The van der Waals surface area contributed by atoms with E-state index < -0.39 is 6.03 Å². The van der Waals surface area contributed by atoms with Gasteiger partial charge < -0.3 is 24.7 Å². The fourth-order valence-electron chi connectivity index (χ4n) is 2.78. The summed E-state index contributed by atoms with van der Waals surface area (Å²) in [6.07, 6.45) is 6.10. The third-order valence-electron chi connectivity index (χ3n) is 4.33. The molecule has 0 heterocycles. The molecule has 2 aromatic rings. The molecule has 32 heavy (non-hydrogen) atoms. The Kier molecular flexibility index (Phi) is 11.0. The van der Waals surface area contributed by atoms with Gasteiger partial charge in [-0.15, -0.1) is 0 Å². The summed E-state index contributed by atoms with van der Waals surface area (Å²) in [5.41, 5.74) is 7.69. The second kappa shape index (κ2) is 14.0. The number of nitrogens with one attached hydrogen (secondary N) is 1. The number of hydrazone groups is 1. The van der Waals surface area contributed by atoms with E-state index in [1.807, 2.05) is 24.3 Å². The van der Waals surface area contributed by atoms with Gasteiger partial charge in [0.1, 0.15) is 24.7 Å². The predicted octanol–water partition coefficient (Wildman–Crippen LogP) is 4.77. The fraction of sp³-hybridized carbons (Fsp3) is 0.391. The number of hydrogen-bond acceptors (Lipinski definition) is 6. The van der Waals surface area contributed by atoms with Crippen molar-refractivity contribution < 1.29 is 23.7 Å². The predicted molar refractivity (Wildman–Crippen MR) is 125 cm³/mol. The van der Waals surface area contributed by atoms with Crippen molar-refractivity contribution in [3.63, 3.8) is 0 Å². The lowest BCUT2D eigenvalue weighted by molar-refractivity contribution is 0.211. The summed E-state index contributed by atoms with van der Waals surface area (Å²) in [4.78, 5) is 10.7. The Morgan fingerprint density at radius 2 is 1.69 bits per heavy atom. The quantitative estimate of drug-likeness (QED) is 0.238. The summed E-state index contributed by atoms with van der Waals surface area (Å²) in [7, 11) is 1.50. The van der Waals surface area contributed by atoms with E-state index in [1.54, 1.807) is 12.1 Å². The number of rotatable bonds is 14. The van der Waals surface area contributed by atoms with Crippen LogP contribution in [0.5, 0.6) is 23.0 Å². The van der Waals surface area contributed by atoms with E-state index in [0.717, 1.165) is 24.5 Å². The van der Waals surface area contributed by atoms with Gasteiger partial charge in [0.25, 0.3) is 0 Å². The lowest BCUT2D eigenvalue weighted by Gasteiger charge is -2.14. The zero-order valence-corrected chi connectivity index (χ0v) is 19.2. The molecule has 0 saturated heterocycles. The number of halogens is 1. The van der Waals surface area contributed by atoms with E-state index in [4.69, 9.17) is 36.3 Å². The van der Waals surface area contributed by atoms with E-state index in [-0.39, 0.29) is 6.61 Å². The summed E-state index contributed by atoms with van der Waals surface area (Å²) >= 11 is 6.30. The van der Waals surface area contributed by atoms with Crippen molar-refractivity contribution in [2.75, 3.05) is 26.9 Å². The molecule has 9 heteroatoms. The van der Waals surface area contributed by atoms with Crippen LogP contribution in [-0.2, 0) is 0 Å². The molecule has 0 bridgehead atoms. The minimum absolute atomic E-state index is 0.266. The summed E-state index contributed by atoms with van der Waals surface area (Å²) in [5.74, 6) is 2.37. The number of nitrogens with zero attached hydrogens (tertiary/aromatic N) is 1. The molecule has 0 saturated carbocycles. The number of carbonyl (C=O) groups is 1. The number of nitrogens with two attached hydrogens (primary N) is 1. The highest BCUT2D eigenvalue weighted by Gasteiger charge is 2.12. The molecule has 0 fully saturated rings. The van der Waals surface area contributed by atoms with Gasteiger partial charge in [0, 0.05) is 0 Å². The lowest BCUT2D eigenvalue weighted by Crippen LogP contribution is -2.24. The van der Waals surface area contributed by atoms with Crippen LogP contribution in [0, 0.1) is 0 Å². The van der Waals surface area contributed by atoms with Crippen LogP contribution < -0.4 is 30.1 Å². The minimum Gasteiger partial charge on any atom is -0.494 e. The van der Waals surface area contributed by atoms with E-state index in [2.05, 4.69) is 17.5 Å². The Morgan fingerprint density at radius 1 is 1.03 bits per heavy atom. The SMILES string of the molecule is CCCCCCOc1ccc(OCCOc2c(Cl)cc(C=NNC(N)=O)cc2OC)cc1. The first-order chi connectivity index (χ1) is 15.5. The van der Waals surface area contributed by atoms with E-state index in [9.17, 15) is 4.79 Å². The number of ether oxygens (including phenoxy) is 4. The minimum atomic E-state index is -0.760. The first-order valence-corrected chi connectivity index (χ1v) is 10.9. The lowest BCUT2D eigenvalue weighted by atomic mass is 10.2. The highest BCUT2D eigenvalue weighted by molar-refractivity contribution is 6.32. The average molecular weight is 464 g/mol. The first-order valence-electron chi connectivity index (χ1n) is 10.5. The average Bonchev–Trinajstić information content (AvgIpc) is 2.78. The van der Waals surface area contributed by atoms with Crippen molar-refractivity contribution in [2.45, 2.75) is 32.6 Å². The van der Waals surface area contributed by atoms with Gasteiger partial charge in [-0.3, -0.25) is 0 Å². The standard InChI is InChI=1S/C23H30ClN3O5/c1-3-4-5-6-11-30-18-7-9-19(10-8-18)31-12-13-32-22-20(24)14-17(15-21(22)29-2)16-26-27-23(25)28/h7-10,14-16H,3-6,11-13H2,1-2H3,(H3,25,27,28). The normalized spacial score (nSPS) is 10.7. The molecule has 0 radical (unpaired) electrons. The Labute approximate surface area is 193 Å². The summed E-state index contributed by atoms with van der Waals surface area (Å²) < 4.78 is 22.5. The van der Waals surface area contributed by atoms with Crippen molar-refractivity contribution in [3.05, 3.63) is 47.0 Å². The van der Waals surface area contributed by atoms with E-state index in [1.165, 1.54) is 32.6 Å². The van der Waals surface area contributed by atoms with E-state index in [0.29, 0.717) is 28.7 Å². The fourth-order valence-corrected chi connectivity index (χ4v) is 3.05. The van der Waals surface area contributed by atoms with Gasteiger partial charge in [0.15, 0.2) is 11.5 Å². The number of unbranched alkanes of at least 4 members (excludes halogenated alkanes) is 3. The zero-order valence-electron chi connectivity index (χ0n) is 18.4. The molecule has 0 atom stereocenters. The molecule has 0 aliphatic heterocycles. The van der Waals surface area contributed by atoms with Gasteiger partial charge in [-0.05, 0) is 48.4 Å². The molecule has 8 nitrogen and oxygen atoms in total. The highest BCUT2D eigenvalue weighted by atomic mass is 35.5. The van der Waals surface area contributed by atoms with Crippen LogP contribution in [-0.4, -0.2) is 39.2 Å². The molecule has 0 aliphatic rings. The third-order valence-corrected chi connectivity index (χ3v) is 4.61. The Balaban J connectivity index is 1.80. The highest BCUT2D eigenvalue weighted by Crippen LogP contribution is 2.36. The van der Waals surface area contributed by atoms with Gasteiger partial charge in [-0.25, -0.2) is 10.2 Å². The molecule has 2 rings (SSSR count). The monoisotopic (exact) mass is 463 g/mol. The van der Waals surface area contributed by atoms with Gasteiger partial charge in [-0.1, -0.05) is 37.8 Å². The first kappa shape index (κ1) is 25.1. The Bertz CT molecular complexity index is 875. The molecular weight excluding hydrogens is 434 g/mol. The van der Waals surface area contributed by atoms with Crippen molar-refractivity contribution >= 4 is 23.8 Å². The van der Waals surface area contributed by atoms with Gasteiger partial charge in [0.05, 0.1) is 25.0 Å². The van der Waals surface area contributed by atoms with Crippen LogP contribution >= 0.6 is 11.6 Å². The smallest absolute Gasteiger partial charge is 0.332 e. The summed E-state index contributed by atoms with van der Waals surface area (Å²) in [5, 5.41) is 4.04. The number of urea groups is 1. The maximum Gasteiger partial charge on any atom is 0.332 e. The van der Waals surface area contributed by atoms with Gasteiger partial charge in [-0.2, -0.15) is 5.10 Å². The molecular formula is C23H30ClN3O5. The molecule has 3 N–H and O–H groups in total. The topological polar surface area (TPSA) is 104 Å². The van der Waals surface area contributed by atoms with Crippen molar-refractivity contribution in [3.8, 4) is 23.0 Å². The number of hydrogen-bond donors (Lipinski definition) is 2. The number of amides is 2. The maximum atomic E-state index is 10.7. The second-order valence-electron chi connectivity index (χ2n) is 6.85. The second-order valence-corrected chi connectivity index (χ2v) is 7.25. The van der Waals surface area contributed by atoms with Gasteiger partial charge in [0.2, 0.25) is 0 Å². The molecule has 0 aromatic heterocycles.